The molecule has 1 saturated carbocycles. The first kappa shape index (κ1) is 13.0. The van der Waals surface area contributed by atoms with Gasteiger partial charge >= 0.3 is 0 Å². The van der Waals surface area contributed by atoms with Crippen LogP contribution in [-0.2, 0) is 6.54 Å². The molecule has 0 amide bonds. The van der Waals surface area contributed by atoms with Gasteiger partial charge in [-0.15, -0.1) is 0 Å². The Morgan fingerprint density at radius 1 is 1.17 bits per heavy atom. The smallest absolute Gasteiger partial charge is 0.203 e. The number of rotatable bonds is 7. The van der Waals surface area contributed by atoms with Crippen LogP contribution in [0, 0.1) is 0 Å². The van der Waals surface area contributed by atoms with Crippen LogP contribution in [0.3, 0.4) is 0 Å². The second-order valence-electron chi connectivity index (χ2n) is 4.42. The van der Waals surface area contributed by atoms with Gasteiger partial charge in [-0.3, -0.25) is 0 Å². The summed E-state index contributed by atoms with van der Waals surface area (Å²) >= 11 is 0. The Bertz CT molecular complexity index is 377. The molecule has 0 radical (unpaired) electrons. The van der Waals surface area contributed by atoms with Crippen LogP contribution in [0.4, 0.5) is 0 Å². The SMILES string of the molecule is CCOc1c(OC)cc(CNC2CC2)cc1OC. The quantitative estimate of drug-likeness (QED) is 0.807. The van der Waals surface area contributed by atoms with Crippen LogP contribution in [0.15, 0.2) is 12.1 Å². The molecule has 18 heavy (non-hydrogen) atoms. The maximum Gasteiger partial charge on any atom is 0.203 e. The average molecular weight is 251 g/mol. The molecule has 0 spiro atoms. The fourth-order valence-electron chi connectivity index (χ4n) is 1.87. The van der Waals surface area contributed by atoms with Crippen LogP contribution in [-0.4, -0.2) is 26.9 Å². The van der Waals surface area contributed by atoms with Crippen molar-refractivity contribution in [2.75, 3.05) is 20.8 Å². The number of ether oxygens (including phenoxy) is 3. The van der Waals surface area contributed by atoms with Crippen LogP contribution in [0.2, 0.25) is 0 Å². The van der Waals surface area contributed by atoms with Crippen molar-refractivity contribution in [3.63, 3.8) is 0 Å². The predicted octanol–water partition coefficient (Wildman–Crippen LogP) is 2.35. The summed E-state index contributed by atoms with van der Waals surface area (Å²) in [6.07, 6.45) is 2.57. The van der Waals surface area contributed by atoms with Crippen LogP contribution in [0.25, 0.3) is 0 Å². The van der Waals surface area contributed by atoms with Crippen molar-refractivity contribution in [3.8, 4) is 17.2 Å². The van der Waals surface area contributed by atoms with E-state index in [1.807, 2.05) is 19.1 Å². The summed E-state index contributed by atoms with van der Waals surface area (Å²) in [6.45, 7) is 3.37. The molecule has 1 aromatic rings. The predicted molar refractivity (Wildman–Crippen MR) is 70.6 cm³/mol. The lowest BCUT2D eigenvalue weighted by molar-refractivity contribution is 0.288. The summed E-state index contributed by atoms with van der Waals surface area (Å²) < 4.78 is 16.3. The number of methoxy groups -OCH3 is 2. The van der Waals surface area contributed by atoms with Crippen molar-refractivity contribution in [2.24, 2.45) is 0 Å². The van der Waals surface area contributed by atoms with Crippen molar-refractivity contribution in [1.82, 2.24) is 5.32 Å². The Hall–Kier alpha value is -1.42. The zero-order chi connectivity index (χ0) is 13.0. The fraction of sp³-hybridized carbons (Fsp3) is 0.571. The zero-order valence-electron chi connectivity index (χ0n) is 11.3. The Balaban J connectivity index is 2.19. The molecule has 1 N–H and O–H groups in total. The molecular weight excluding hydrogens is 230 g/mol. The molecule has 0 atom stereocenters. The summed E-state index contributed by atoms with van der Waals surface area (Å²) in [7, 11) is 3.30. The van der Waals surface area contributed by atoms with Crippen LogP contribution in [0.5, 0.6) is 17.2 Å². The zero-order valence-corrected chi connectivity index (χ0v) is 11.3. The molecule has 1 aliphatic rings. The van der Waals surface area contributed by atoms with Gasteiger partial charge in [0.05, 0.1) is 20.8 Å². The van der Waals surface area contributed by atoms with E-state index in [4.69, 9.17) is 14.2 Å². The number of hydrogen-bond donors (Lipinski definition) is 1. The molecule has 0 aromatic heterocycles. The van der Waals surface area contributed by atoms with E-state index in [2.05, 4.69) is 5.32 Å². The topological polar surface area (TPSA) is 39.7 Å². The fourth-order valence-corrected chi connectivity index (χ4v) is 1.87. The minimum absolute atomic E-state index is 0.590. The lowest BCUT2D eigenvalue weighted by Crippen LogP contribution is -2.15. The second-order valence-corrected chi connectivity index (χ2v) is 4.42. The van der Waals surface area contributed by atoms with Crippen molar-refractivity contribution in [3.05, 3.63) is 17.7 Å². The van der Waals surface area contributed by atoms with Gasteiger partial charge in [-0.25, -0.2) is 0 Å². The molecule has 0 unspecified atom stereocenters. The Morgan fingerprint density at radius 2 is 1.78 bits per heavy atom. The lowest BCUT2D eigenvalue weighted by atomic mass is 10.1. The molecule has 2 rings (SSSR count). The van der Waals surface area contributed by atoms with E-state index in [1.54, 1.807) is 14.2 Å². The maximum absolute atomic E-state index is 5.57. The van der Waals surface area contributed by atoms with Gasteiger partial charge in [0, 0.05) is 12.6 Å². The van der Waals surface area contributed by atoms with Gasteiger partial charge in [0.2, 0.25) is 5.75 Å². The molecular formula is C14H21NO3. The molecule has 1 aliphatic carbocycles. The Morgan fingerprint density at radius 3 is 2.22 bits per heavy atom. The van der Waals surface area contributed by atoms with Crippen molar-refractivity contribution >= 4 is 0 Å². The summed E-state index contributed by atoms with van der Waals surface area (Å²) in [5.74, 6) is 2.13. The standard InChI is InChI=1S/C14H21NO3/c1-4-18-14-12(16-2)7-10(8-13(14)17-3)9-15-11-5-6-11/h7-8,11,15H,4-6,9H2,1-3H3. The summed E-state index contributed by atoms with van der Waals surface area (Å²) in [5, 5.41) is 3.48. The first-order valence-electron chi connectivity index (χ1n) is 6.39. The van der Waals surface area contributed by atoms with E-state index in [-0.39, 0.29) is 0 Å². The minimum atomic E-state index is 0.590. The number of hydrogen-bond acceptors (Lipinski definition) is 4. The van der Waals surface area contributed by atoms with E-state index >= 15 is 0 Å². The number of nitrogens with one attached hydrogen (secondary N) is 1. The third-order valence-corrected chi connectivity index (χ3v) is 2.98. The van der Waals surface area contributed by atoms with E-state index in [1.165, 1.54) is 12.8 Å². The average Bonchev–Trinajstić information content (AvgIpc) is 3.21. The summed E-state index contributed by atoms with van der Waals surface area (Å²) in [6, 6.07) is 4.69. The van der Waals surface area contributed by atoms with Gasteiger partial charge in [0.15, 0.2) is 11.5 Å². The molecule has 0 aliphatic heterocycles. The van der Waals surface area contributed by atoms with E-state index in [0.29, 0.717) is 18.4 Å². The molecule has 4 heteroatoms. The summed E-state index contributed by atoms with van der Waals surface area (Å²) in [4.78, 5) is 0. The van der Waals surface area contributed by atoms with Gasteiger partial charge in [-0.05, 0) is 37.5 Å². The highest BCUT2D eigenvalue weighted by Gasteiger charge is 2.21. The highest BCUT2D eigenvalue weighted by molar-refractivity contribution is 5.53. The van der Waals surface area contributed by atoms with Crippen LogP contribution in [0.1, 0.15) is 25.3 Å². The van der Waals surface area contributed by atoms with E-state index < -0.39 is 0 Å². The van der Waals surface area contributed by atoms with Crippen LogP contribution < -0.4 is 19.5 Å². The van der Waals surface area contributed by atoms with Crippen molar-refractivity contribution in [2.45, 2.75) is 32.4 Å². The second kappa shape index (κ2) is 5.96. The van der Waals surface area contributed by atoms with Crippen molar-refractivity contribution in [1.29, 1.82) is 0 Å². The number of benzene rings is 1. The monoisotopic (exact) mass is 251 g/mol. The molecule has 0 saturated heterocycles. The third-order valence-electron chi connectivity index (χ3n) is 2.98. The van der Waals surface area contributed by atoms with Gasteiger partial charge in [0.25, 0.3) is 0 Å². The van der Waals surface area contributed by atoms with Gasteiger partial charge in [-0.1, -0.05) is 0 Å². The van der Waals surface area contributed by atoms with E-state index in [9.17, 15) is 0 Å². The molecule has 0 bridgehead atoms. The lowest BCUT2D eigenvalue weighted by Gasteiger charge is -2.15. The van der Waals surface area contributed by atoms with E-state index in [0.717, 1.165) is 23.6 Å². The van der Waals surface area contributed by atoms with Gasteiger partial charge in [-0.2, -0.15) is 0 Å². The van der Waals surface area contributed by atoms with Gasteiger partial charge in [0.1, 0.15) is 0 Å². The van der Waals surface area contributed by atoms with Crippen molar-refractivity contribution < 1.29 is 14.2 Å². The Labute approximate surface area is 108 Å². The highest BCUT2D eigenvalue weighted by atomic mass is 16.5. The van der Waals surface area contributed by atoms with Gasteiger partial charge < -0.3 is 19.5 Å². The normalized spacial score (nSPS) is 14.4. The molecule has 1 aromatic carbocycles. The maximum atomic E-state index is 5.57. The highest BCUT2D eigenvalue weighted by Crippen LogP contribution is 2.38. The first-order chi connectivity index (χ1) is 8.78. The van der Waals surface area contributed by atoms with Crippen LogP contribution >= 0.6 is 0 Å². The molecule has 100 valence electrons. The minimum Gasteiger partial charge on any atom is -0.493 e. The third kappa shape index (κ3) is 3.07. The summed E-state index contributed by atoms with van der Waals surface area (Å²) in [5.41, 5.74) is 1.15. The molecule has 1 fully saturated rings. The first-order valence-corrected chi connectivity index (χ1v) is 6.39. The Kier molecular flexibility index (Phi) is 4.31. The molecule has 0 heterocycles. The largest absolute Gasteiger partial charge is 0.493 e. The molecule has 4 nitrogen and oxygen atoms in total.